The lowest BCUT2D eigenvalue weighted by Crippen LogP contribution is -1.91. The Morgan fingerprint density at radius 1 is 1.18 bits per heavy atom. The molecule has 0 radical (unpaired) electrons. The van der Waals surface area contributed by atoms with Crippen molar-refractivity contribution in [3.05, 3.63) is 52.5 Å². The van der Waals surface area contributed by atoms with Crippen LogP contribution in [0.5, 0.6) is 5.75 Å². The van der Waals surface area contributed by atoms with Crippen molar-refractivity contribution in [2.24, 2.45) is 0 Å². The van der Waals surface area contributed by atoms with Gasteiger partial charge in [0.1, 0.15) is 5.75 Å². The zero-order chi connectivity index (χ0) is 15.7. The van der Waals surface area contributed by atoms with Gasteiger partial charge in [-0.05, 0) is 55.3 Å². The lowest BCUT2D eigenvalue weighted by atomic mass is 10.1. The number of aromatic amines is 1. The van der Waals surface area contributed by atoms with E-state index in [0.29, 0.717) is 17.2 Å². The van der Waals surface area contributed by atoms with E-state index in [9.17, 15) is 4.79 Å². The number of hydrogen-bond donors (Lipinski definition) is 1. The number of benzene rings is 2. The molecule has 0 aliphatic heterocycles. The predicted molar refractivity (Wildman–Crippen MR) is 90.0 cm³/mol. The van der Waals surface area contributed by atoms with Crippen LogP contribution in [0.25, 0.3) is 22.2 Å². The molecule has 1 heterocycles. The summed E-state index contributed by atoms with van der Waals surface area (Å²) in [4.78, 5) is 14.9. The number of aryl methyl sites for hydroxylation is 1. The molecule has 3 rings (SSSR count). The van der Waals surface area contributed by atoms with Crippen molar-refractivity contribution in [2.75, 3.05) is 6.61 Å². The van der Waals surface area contributed by atoms with E-state index in [4.69, 9.17) is 16.3 Å². The number of carbonyl (C=O) groups excluding carboxylic acids is 1. The number of aromatic nitrogens is 1. The zero-order valence-electron chi connectivity index (χ0n) is 12.4. The van der Waals surface area contributed by atoms with E-state index in [1.54, 1.807) is 0 Å². The molecule has 3 aromatic rings. The Kier molecular flexibility index (Phi) is 3.90. The lowest BCUT2D eigenvalue weighted by Gasteiger charge is -2.04. The second-order valence-corrected chi connectivity index (χ2v) is 5.49. The third-order valence-corrected chi connectivity index (χ3v) is 4.19. The minimum atomic E-state index is 0.628. The molecule has 0 bridgehead atoms. The smallest absolute Gasteiger partial charge is 0.152 e. The number of fused-ring (bicyclic) bond motifs is 1. The molecule has 1 N–H and O–H groups in total. The van der Waals surface area contributed by atoms with Crippen molar-refractivity contribution < 1.29 is 9.53 Å². The fraction of sp³-hybridized carbons (Fsp3) is 0.167. The molecule has 3 nitrogen and oxygen atoms in total. The Labute approximate surface area is 133 Å². The SMILES string of the molecule is CCOc1ccc(-c2[nH]c3c(C)c(Cl)ccc3c2C=O)cc1. The second kappa shape index (κ2) is 5.85. The number of ether oxygens (including phenoxy) is 1. The summed E-state index contributed by atoms with van der Waals surface area (Å²) in [5, 5.41) is 1.57. The molecular weight excluding hydrogens is 298 g/mol. The maximum absolute atomic E-state index is 11.6. The fourth-order valence-corrected chi connectivity index (χ4v) is 2.79. The number of halogens is 1. The summed E-state index contributed by atoms with van der Waals surface area (Å²) in [7, 11) is 0. The first-order valence-electron chi connectivity index (χ1n) is 7.15. The molecule has 0 amide bonds. The fourth-order valence-electron chi connectivity index (χ4n) is 2.63. The molecule has 0 atom stereocenters. The molecular formula is C18H16ClNO2. The highest BCUT2D eigenvalue weighted by atomic mass is 35.5. The maximum Gasteiger partial charge on any atom is 0.152 e. The Bertz CT molecular complexity index is 834. The van der Waals surface area contributed by atoms with Crippen LogP contribution in [0.4, 0.5) is 0 Å². The quantitative estimate of drug-likeness (QED) is 0.688. The van der Waals surface area contributed by atoms with Gasteiger partial charge in [0.2, 0.25) is 0 Å². The minimum absolute atomic E-state index is 0.628. The van der Waals surface area contributed by atoms with E-state index in [0.717, 1.165) is 39.8 Å². The molecule has 0 saturated heterocycles. The van der Waals surface area contributed by atoms with Crippen LogP contribution in [0.15, 0.2) is 36.4 Å². The number of rotatable bonds is 4. The molecule has 0 aliphatic rings. The number of H-pyrrole nitrogens is 1. The molecule has 0 saturated carbocycles. The van der Waals surface area contributed by atoms with Crippen LogP contribution in [0.1, 0.15) is 22.8 Å². The van der Waals surface area contributed by atoms with Gasteiger partial charge >= 0.3 is 0 Å². The molecule has 0 aliphatic carbocycles. The summed E-state index contributed by atoms with van der Waals surface area (Å²) in [5.74, 6) is 0.814. The Morgan fingerprint density at radius 3 is 2.55 bits per heavy atom. The summed E-state index contributed by atoms with van der Waals surface area (Å²) in [5.41, 5.74) is 4.24. The average Bonchev–Trinajstić information content (AvgIpc) is 2.91. The van der Waals surface area contributed by atoms with E-state index in [-0.39, 0.29) is 0 Å². The minimum Gasteiger partial charge on any atom is -0.494 e. The standard InChI is InChI=1S/C18H16ClNO2/c1-3-22-13-6-4-12(5-7-13)18-15(10-21)14-8-9-16(19)11(2)17(14)20-18/h4-10,20H,3H2,1-2H3. The topological polar surface area (TPSA) is 42.1 Å². The van der Waals surface area contributed by atoms with Gasteiger partial charge in [0.25, 0.3) is 0 Å². The maximum atomic E-state index is 11.6. The summed E-state index contributed by atoms with van der Waals surface area (Å²) < 4.78 is 5.45. The molecule has 0 fully saturated rings. The van der Waals surface area contributed by atoms with Crippen molar-refractivity contribution in [1.29, 1.82) is 0 Å². The van der Waals surface area contributed by atoms with E-state index >= 15 is 0 Å². The Balaban J connectivity index is 2.17. The third-order valence-electron chi connectivity index (χ3n) is 3.78. The highest BCUT2D eigenvalue weighted by molar-refractivity contribution is 6.32. The van der Waals surface area contributed by atoms with Crippen LogP contribution in [0.3, 0.4) is 0 Å². The van der Waals surface area contributed by atoms with Crippen molar-refractivity contribution in [3.8, 4) is 17.0 Å². The van der Waals surface area contributed by atoms with E-state index in [1.807, 2.05) is 50.2 Å². The van der Waals surface area contributed by atoms with Gasteiger partial charge in [-0.25, -0.2) is 0 Å². The van der Waals surface area contributed by atoms with Gasteiger partial charge in [-0.15, -0.1) is 0 Å². The number of carbonyl (C=O) groups is 1. The van der Waals surface area contributed by atoms with Crippen LogP contribution in [-0.4, -0.2) is 17.9 Å². The van der Waals surface area contributed by atoms with Crippen LogP contribution >= 0.6 is 11.6 Å². The van der Waals surface area contributed by atoms with Gasteiger partial charge in [0.15, 0.2) is 6.29 Å². The Morgan fingerprint density at radius 2 is 1.91 bits per heavy atom. The molecule has 112 valence electrons. The average molecular weight is 314 g/mol. The van der Waals surface area contributed by atoms with Crippen molar-refractivity contribution in [1.82, 2.24) is 4.98 Å². The van der Waals surface area contributed by atoms with E-state index < -0.39 is 0 Å². The first-order valence-corrected chi connectivity index (χ1v) is 7.52. The molecule has 2 aromatic carbocycles. The van der Waals surface area contributed by atoms with E-state index in [1.165, 1.54) is 0 Å². The largest absolute Gasteiger partial charge is 0.494 e. The molecule has 0 spiro atoms. The number of hydrogen-bond acceptors (Lipinski definition) is 2. The first-order chi connectivity index (χ1) is 10.7. The second-order valence-electron chi connectivity index (χ2n) is 5.08. The van der Waals surface area contributed by atoms with Gasteiger partial charge in [0, 0.05) is 16.0 Å². The lowest BCUT2D eigenvalue weighted by molar-refractivity contribution is 0.112. The van der Waals surface area contributed by atoms with Gasteiger partial charge in [-0.3, -0.25) is 4.79 Å². The summed E-state index contributed by atoms with van der Waals surface area (Å²) in [6, 6.07) is 11.4. The van der Waals surface area contributed by atoms with Crippen molar-refractivity contribution in [3.63, 3.8) is 0 Å². The number of nitrogens with one attached hydrogen (secondary N) is 1. The summed E-state index contributed by atoms with van der Waals surface area (Å²) >= 11 is 6.17. The van der Waals surface area contributed by atoms with Crippen LogP contribution in [0, 0.1) is 6.92 Å². The van der Waals surface area contributed by atoms with Gasteiger partial charge in [0.05, 0.1) is 17.8 Å². The molecule has 4 heteroatoms. The van der Waals surface area contributed by atoms with Crippen molar-refractivity contribution >= 4 is 28.8 Å². The highest BCUT2D eigenvalue weighted by Crippen LogP contribution is 2.33. The molecule has 22 heavy (non-hydrogen) atoms. The highest BCUT2D eigenvalue weighted by Gasteiger charge is 2.15. The summed E-state index contributed by atoms with van der Waals surface area (Å²) in [6.45, 7) is 4.52. The zero-order valence-corrected chi connectivity index (χ0v) is 13.2. The van der Waals surface area contributed by atoms with Gasteiger partial charge in [-0.2, -0.15) is 0 Å². The van der Waals surface area contributed by atoms with Gasteiger partial charge in [-0.1, -0.05) is 17.7 Å². The van der Waals surface area contributed by atoms with Crippen molar-refractivity contribution in [2.45, 2.75) is 13.8 Å². The first kappa shape index (κ1) is 14.7. The molecule has 0 unspecified atom stereocenters. The Hall–Kier alpha value is -2.26. The van der Waals surface area contributed by atoms with Gasteiger partial charge < -0.3 is 9.72 Å². The van der Waals surface area contributed by atoms with Crippen LogP contribution in [0.2, 0.25) is 5.02 Å². The normalized spacial score (nSPS) is 10.9. The molecule has 1 aromatic heterocycles. The predicted octanol–water partition coefficient (Wildman–Crippen LogP) is 5.01. The summed E-state index contributed by atoms with van der Waals surface area (Å²) in [6.07, 6.45) is 0.887. The number of aldehydes is 1. The van der Waals surface area contributed by atoms with E-state index in [2.05, 4.69) is 4.98 Å². The van der Waals surface area contributed by atoms with Crippen LogP contribution in [-0.2, 0) is 0 Å². The third kappa shape index (κ3) is 2.38. The van der Waals surface area contributed by atoms with Crippen LogP contribution < -0.4 is 4.74 Å². The monoisotopic (exact) mass is 313 g/mol.